The standard InChI is InChI=1S/C8H18N2/c1-7-4-8(7,5-9)6-10(2)3/h7H,4-6,9H2,1-3H3. The predicted octanol–water partition coefficient (Wildman–Crippen LogP) is 0.533. The molecule has 1 aliphatic rings. The van der Waals surface area contributed by atoms with Crippen LogP contribution in [0, 0.1) is 11.3 Å². The zero-order valence-corrected chi connectivity index (χ0v) is 7.22. The second-order valence-electron chi connectivity index (χ2n) is 3.91. The average molecular weight is 142 g/mol. The van der Waals surface area contributed by atoms with Crippen LogP contribution in [0.15, 0.2) is 0 Å². The summed E-state index contributed by atoms with van der Waals surface area (Å²) in [4.78, 5) is 2.23. The summed E-state index contributed by atoms with van der Waals surface area (Å²) in [7, 11) is 4.23. The Hall–Kier alpha value is -0.0800. The van der Waals surface area contributed by atoms with Crippen LogP contribution in [0.2, 0.25) is 0 Å². The van der Waals surface area contributed by atoms with E-state index in [1.807, 2.05) is 0 Å². The highest BCUT2D eigenvalue weighted by atomic mass is 15.1. The van der Waals surface area contributed by atoms with E-state index in [-0.39, 0.29) is 0 Å². The average Bonchev–Trinajstić information content (AvgIpc) is 2.42. The molecule has 0 saturated heterocycles. The van der Waals surface area contributed by atoms with E-state index >= 15 is 0 Å². The van der Waals surface area contributed by atoms with Gasteiger partial charge in [0.2, 0.25) is 0 Å². The van der Waals surface area contributed by atoms with E-state index in [1.165, 1.54) is 6.42 Å². The van der Waals surface area contributed by atoms with Gasteiger partial charge in [0, 0.05) is 6.54 Å². The molecule has 60 valence electrons. The highest BCUT2D eigenvalue weighted by Crippen LogP contribution is 2.51. The van der Waals surface area contributed by atoms with Gasteiger partial charge in [-0.25, -0.2) is 0 Å². The topological polar surface area (TPSA) is 29.3 Å². The van der Waals surface area contributed by atoms with Crippen molar-refractivity contribution in [2.45, 2.75) is 13.3 Å². The number of hydrogen-bond donors (Lipinski definition) is 1. The Morgan fingerprint density at radius 3 is 2.20 bits per heavy atom. The molecule has 10 heavy (non-hydrogen) atoms. The monoisotopic (exact) mass is 142 g/mol. The molecule has 1 rings (SSSR count). The summed E-state index contributed by atoms with van der Waals surface area (Å²) in [5.74, 6) is 0.847. The van der Waals surface area contributed by atoms with Crippen LogP contribution >= 0.6 is 0 Å². The van der Waals surface area contributed by atoms with Gasteiger partial charge in [0.05, 0.1) is 0 Å². The van der Waals surface area contributed by atoms with Crippen LogP contribution in [0.4, 0.5) is 0 Å². The molecule has 0 aromatic heterocycles. The maximum Gasteiger partial charge on any atom is 0.00466 e. The number of rotatable bonds is 3. The lowest BCUT2D eigenvalue weighted by molar-refractivity contribution is 0.298. The first-order chi connectivity index (χ1) is 4.60. The zero-order chi connectivity index (χ0) is 7.78. The third-order valence-corrected chi connectivity index (χ3v) is 2.64. The summed E-state index contributed by atoms with van der Waals surface area (Å²) < 4.78 is 0. The van der Waals surface area contributed by atoms with Crippen LogP contribution in [-0.2, 0) is 0 Å². The third kappa shape index (κ3) is 1.32. The first kappa shape index (κ1) is 8.02. The first-order valence-electron chi connectivity index (χ1n) is 3.95. The second-order valence-corrected chi connectivity index (χ2v) is 3.91. The third-order valence-electron chi connectivity index (χ3n) is 2.64. The van der Waals surface area contributed by atoms with Crippen molar-refractivity contribution in [3.63, 3.8) is 0 Å². The molecular weight excluding hydrogens is 124 g/mol. The molecule has 1 aliphatic carbocycles. The van der Waals surface area contributed by atoms with Crippen molar-refractivity contribution in [1.29, 1.82) is 0 Å². The first-order valence-corrected chi connectivity index (χ1v) is 3.95. The maximum absolute atomic E-state index is 5.68. The van der Waals surface area contributed by atoms with E-state index in [2.05, 4.69) is 25.9 Å². The van der Waals surface area contributed by atoms with Crippen molar-refractivity contribution in [2.24, 2.45) is 17.1 Å². The van der Waals surface area contributed by atoms with Crippen LogP contribution < -0.4 is 5.73 Å². The molecule has 0 bridgehead atoms. The molecule has 0 amide bonds. The zero-order valence-electron chi connectivity index (χ0n) is 7.22. The van der Waals surface area contributed by atoms with Crippen molar-refractivity contribution in [3.8, 4) is 0 Å². The number of nitrogens with two attached hydrogens (primary N) is 1. The molecule has 2 unspecified atom stereocenters. The van der Waals surface area contributed by atoms with Gasteiger partial charge in [-0.15, -0.1) is 0 Å². The Kier molecular flexibility index (Phi) is 2.02. The normalized spacial score (nSPS) is 38.7. The van der Waals surface area contributed by atoms with Gasteiger partial charge in [0.25, 0.3) is 0 Å². The lowest BCUT2D eigenvalue weighted by Gasteiger charge is -2.18. The quantitative estimate of drug-likeness (QED) is 0.623. The van der Waals surface area contributed by atoms with Gasteiger partial charge in [0.1, 0.15) is 0 Å². The van der Waals surface area contributed by atoms with Gasteiger partial charge in [0.15, 0.2) is 0 Å². The maximum atomic E-state index is 5.68. The number of nitrogens with zero attached hydrogens (tertiary/aromatic N) is 1. The molecule has 0 heterocycles. The largest absolute Gasteiger partial charge is 0.330 e. The highest BCUT2D eigenvalue weighted by molar-refractivity contribution is 5.01. The Morgan fingerprint density at radius 2 is 2.10 bits per heavy atom. The van der Waals surface area contributed by atoms with Crippen molar-refractivity contribution >= 4 is 0 Å². The summed E-state index contributed by atoms with van der Waals surface area (Å²) in [6, 6.07) is 0. The summed E-state index contributed by atoms with van der Waals surface area (Å²) in [6.45, 7) is 4.30. The van der Waals surface area contributed by atoms with Crippen molar-refractivity contribution in [3.05, 3.63) is 0 Å². The minimum absolute atomic E-state index is 0.476. The molecule has 1 fully saturated rings. The second kappa shape index (κ2) is 2.51. The van der Waals surface area contributed by atoms with Gasteiger partial charge in [-0.05, 0) is 38.4 Å². The van der Waals surface area contributed by atoms with Gasteiger partial charge in [-0.2, -0.15) is 0 Å². The smallest absolute Gasteiger partial charge is 0.00466 e. The summed E-state index contributed by atoms with van der Waals surface area (Å²) in [5, 5.41) is 0. The Balaban J connectivity index is 2.37. The fraction of sp³-hybridized carbons (Fsp3) is 1.00. The summed E-state index contributed by atoms with van der Waals surface area (Å²) in [5.41, 5.74) is 6.16. The molecule has 0 radical (unpaired) electrons. The number of hydrogen-bond acceptors (Lipinski definition) is 2. The summed E-state index contributed by atoms with van der Waals surface area (Å²) in [6.07, 6.45) is 1.32. The van der Waals surface area contributed by atoms with Crippen molar-refractivity contribution in [1.82, 2.24) is 4.90 Å². The van der Waals surface area contributed by atoms with E-state index in [0.717, 1.165) is 19.0 Å². The van der Waals surface area contributed by atoms with Crippen LogP contribution in [0.3, 0.4) is 0 Å². The van der Waals surface area contributed by atoms with E-state index in [0.29, 0.717) is 5.41 Å². The molecule has 2 nitrogen and oxygen atoms in total. The van der Waals surface area contributed by atoms with Gasteiger partial charge in [-0.1, -0.05) is 6.92 Å². The minimum Gasteiger partial charge on any atom is -0.330 e. The molecule has 0 aliphatic heterocycles. The van der Waals surface area contributed by atoms with E-state index in [1.54, 1.807) is 0 Å². The minimum atomic E-state index is 0.476. The van der Waals surface area contributed by atoms with Crippen LogP contribution in [0.25, 0.3) is 0 Å². The van der Waals surface area contributed by atoms with Crippen molar-refractivity contribution < 1.29 is 0 Å². The SMILES string of the molecule is CC1CC1(CN)CN(C)C. The molecule has 2 N–H and O–H groups in total. The Bertz CT molecular complexity index is 118. The van der Waals surface area contributed by atoms with Gasteiger partial charge >= 0.3 is 0 Å². The fourth-order valence-electron chi connectivity index (χ4n) is 1.75. The van der Waals surface area contributed by atoms with E-state index in [9.17, 15) is 0 Å². The van der Waals surface area contributed by atoms with Crippen LogP contribution in [-0.4, -0.2) is 32.1 Å². The predicted molar refractivity (Wildman–Crippen MR) is 43.8 cm³/mol. The Labute approximate surface area is 63.4 Å². The molecule has 2 atom stereocenters. The van der Waals surface area contributed by atoms with Gasteiger partial charge in [-0.3, -0.25) is 0 Å². The molecular formula is C8H18N2. The fourth-order valence-corrected chi connectivity index (χ4v) is 1.75. The molecule has 0 spiro atoms. The van der Waals surface area contributed by atoms with Crippen molar-refractivity contribution in [2.75, 3.05) is 27.2 Å². The summed E-state index contributed by atoms with van der Waals surface area (Å²) >= 11 is 0. The molecule has 1 saturated carbocycles. The van der Waals surface area contributed by atoms with Crippen LogP contribution in [0.1, 0.15) is 13.3 Å². The Morgan fingerprint density at radius 1 is 1.60 bits per heavy atom. The van der Waals surface area contributed by atoms with E-state index in [4.69, 9.17) is 5.73 Å². The van der Waals surface area contributed by atoms with E-state index < -0.39 is 0 Å². The molecule has 2 heteroatoms. The van der Waals surface area contributed by atoms with Crippen LogP contribution in [0.5, 0.6) is 0 Å². The lowest BCUT2D eigenvalue weighted by Crippen LogP contribution is -2.30. The molecule has 0 aromatic rings. The highest BCUT2D eigenvalue weighted by Gasteiger charge is 2.49. The van der Waals surface area contributed by atoms with Gasteiger partial charge < -0.3 is 10.6 Å². The molecule has 0 aromatic carbocycles. The lowest BCUT2D eigenvalue weighted by atomic mass is 10.0.